The van der Waals surface area contributed by atoms with Crippen molar-refractivity contribution in [1.82, 2.24) is 0 Å². The summed E-state index contributed by atoms with van der Waals surface area (Å²) >= 11 is 0. The second kappa shape index (κ2) is 22.8. The molecular weight excluding hydrogens is 1060 g/mol. The van der Waals surface area contributed by atoms with E-state index in [1.54, 1.807) is 132 Å². The van der Waals surface area contributed by atoms with E-state index in [2.05, 4.69) is 30.3 Å². The lowest BCUT2D eigenvalue weighted by atomic mass is 9.67. The van der Waals surface area contributed by atoms with E-state index in [-0.39, 0.29) is 0 Å². The second-order valence-electron chi connectivity index (χ2n) is 21.5. The van der Waals surface area contributed by atoms with Crippen LogP contribution in [0.4, 0.5) is 32.3 Å². The Morgan fingerprint density at radius 1 is 0.423 bits per heavy atom. The first-order valence-corrected chi connectivity index (χ1v) is 26.7. The van der Waals surface area contributed by atoms with Gasteiger partial charge in [-0.3, -0.25) is 0 Å². The van der Waals surface area contributed by atoms with Crippen molar-refractivity contribution in [3.05, 3.63) is 162 Å². The van der Waals surface area contributed by atoms with E-state index in [0.29, 0.717) is 23.0 Å². The number of alkyl halides is 3. The molecule has 0 amide bonds. The van der Waals surface area contributed by atoms with Crippen molar-refractivity contribution in [3.8, 4) is 34.1 Å². The molecule has 0 heterocycles. The fraction of sp³-hybridized carbons (Fsp3) is 0.310. The smallest absolute Gasteiger partial charge is 0.514 e. The van der Waals surface area contributed by atoms with Crippen LogP contribution in [0, 0.1) is 0 Å². The van der Waals surface area contributed by atoms with Gasteiger partial charge in [0.1, 0.15) is 45.4 Å². The van der Waals surface area contributed by atoms with Crippen molar-refractivity contribution >= 4 is 45.6 Å². The van der Waals surface area contributed by atoms with Crippen LogP contribution in [-0.4, -0.2) is 65.5 Å². The Morgan fingerprint density at radius 2 is 0.705 bits per heavy atom. The maximum Gasteiger partial charge on any atom is 0.514 e. The highest BCUT2D eigenvalue weighted by Gasteiger charge is 2.48. The van der Waals surface area contributed by atoms with E-state index >= 15 is 0 Å². The summed E-state index contributed by atoms with van der Waals surface area (Å²) in [6.45, 7) is 21.2. The number of ether oxygens (including phenoxy) is 8. The highest BCUT2D eigenvalue weighted by atomic mass is 32.2. The zero-order valence-electron chi connectivity index (χ0n) is 44.9. The third-order valence-corrected chi connectivity index (χ3v) is 13.4. The summed E-state index contributed by atoms with van der Waals surface area (Å²) in [5, 5.41) is 0. The molecule has 0 bridgehead atoms. The van der Waals surface area contributed by atoms with Crippen LogP contribution < -0.4 is 18.9 Å². The van der Waals surface area contributed by atoms with Crippen LogP contribution >= 0.6 is 0 Å². The van der Waals surface area contributed by atoms with Crippen LogP contribution in [0.25, 0.3) is 11.1 Å². The molecule has 1 aliphatic carbocycles. The second-order valence-corrected chi connectivity index (χ2v) is 24.9. The van der Waals surface area contributed by atoms with Gasteiger partial charge in [0, 0.05) is 0 Å². The number of fused-ring (bicyclic) bond motifs is 3. The number of carbonyl (C=O) groups is 4. The molecule has 0 unspecified atom stereocenters. The minimum atomic E-state index is -6.09. The van der Waals surface area contributed by atoms with Crippen LogP contribution in [0.2, 0.25) is 0 Å². The highest BCUT2D eigenvalue weighted by Crippen LogP contribution is 2.57. The number of rotatable bonds is 9. The first kappa shape index (κ1) is 59.7. The number of hydrogen-bond acceptors (Lipinski definition) is 15. The maximum atomic E-state index is 12.8. The first-order valence-electron chi connectivity index (χ1n) is 24.1. The SMILES string of the molecule is CC(C)(C)OC(=O)Oc1ccc([S+](c2ccc(OC(=O)OC(C)(C)C)cc2)c2ccc3c(c2)C(c2ccc(OC(=O)OC(C)(C)C)cc2)(c2ccc(OC(=O)OC(C)(C)C)cc2)c2ccccc2-3)cc1.O=S(=O)([O-])C(F)(F)F. The van der Waals surface area contributed by atoms with Gasteiger partial charge >= 0.3 is 30.1 Å². The summed E-state index contributed by atoms with van der Waals surface area (Å²) in [6, 6.07) is 44.0. The monoisotopic (exact) mass is 1120 g/mol. The van der Waals surface area contributed by atoms with E-state index < -0.39 is 79.0 Å². The largest absolute Gasteiger partial charge is 0.741 e. The Kier molecular flexibility index (Phi) is 17.5. The molecule has 414 valence electrons. The average molecular weight is 1120 g/mol. The van der Waals surface area contributed by atoms with Crippen LogP contribution in [-0.2, 0) is 45.4 Å². The van der Waals surface area contributed by atoms with Gasteiger partial charge in [-0.1, -0.05) is 48.5 Å². The van der Waals surface area contributed by atoms with Crippen LogP contribution in [0.1, 0.15) is 105 Å². The molecule has 0 atom stereocenters. The molecule has 0 saturated heterocycles. The van der Waals surface area contributed by atoms with E-state index in [9.17, 15) is 32.3 Å². The standard InChI is InChI=1S/C57H59O12S.CHF3O3S/c1-53(2,3)66-49(58)62-38-21-17-36(18-22-38)57(37-19-23-39(24-20-37)63-50(59)67-54(4,5)6)47-16-14-13-15-45(47)46-34-33-44(35-48(46)57)70(42-29-25-40(26-30-42)64-51(60)68-55(7,8)9)43-31-27-41(28-32-43)65-52(61)69-56(10,11)12;2-1(3,4)8(5,6)7/h13-35H,1-12H3;(H,5,6,7)/q+1;/p-1. The predicted octanol–water partition coefficient (Wildman–Crippen LogP) is 14.5. The number of benzene rings is 6. The van der Waals surface area contributed by atoms with Crippen molar-refractivity contribution in [2.75, 3.05) is 0 Å². The molecule has 7 rings (SSSR count). The molecule has 0 aromatic heterocycles. The topological polar surface area (TPSA) is 199 Å². The Bertz CT molecular complexity index is 3090. The predicted molar refractivity (Wildman–Crippen MR) is 282 cm³/mol. The molecule has 0 fully saturated rings. The lowest BCUT2D eigenvalue weighted by Crippen LogP contribution is -2.29. The van der Waals surface area contributed by atoms with Gasteiger partial charge in [-0.15, -0.1) is 0 Å². The quantitative estimate of drug-likeness (QED) is 0.0330. The van der Waals surface area contributed by atoms with Crippen LogP contribution in [0.5, 0.6) is 23.0 Å². The molecule has 1 aliphatic rings. The molecule has 78 heavy (non-hydrogen) atoms. The van der Waals surface area contributed by atoms with Gasteiger partial charge in [-0.25, -0.2) is 27.6 Å². The summed E-state index contributed by atoms with van der Waals surface area (Å²) in [7, 11) is -6.91. The fourth-order valence-corrected chi connectivity index (χ4v) is 9.96. The maximum absolute atomic E-state index is 12.8. The highest BCUT2D eigenvalue weighted by molar-refractivity contribution is 7.97. The molecule has 0 aliphatic heterocycles. The van der Waals surface area contributed by atoms with Gasteiger partial charge in [0.05, 0.1) is 16.3 Å². The molecule has 0 saturated carbocycles. The molecule has 20 heteroatoms. The van der Waals surface area contributed by atoms with Gasteiger partial charge in [0.25, 0.3) is 0 Å². The van der Waals surface area contributed by atoms with Crippen molar-refractivity contribution < 1.29 is 83.2 Å². The zero-order chi connectivity index (χ0) is 57.8. The number of halogens is 3. The Labute approximate surface area is 454 Å². The summed E-state index contributed by atoms with van der Waals surface area (Å²) in [5.41, 5.74) is -3.91. The first-order chi connectivity index (χ1) is 36.0. The van der Waals surface area contributed by atoms with E-state index in [0.717, 1.165) is 48.1 Å². The lowest BCUT2D eigenvalue weighted by Gasteiger charge is -2.34. The Balaban J connectivity index is 0.00000114. The van der Waals surface area contributed by atoms with E-state index in [4.69, 9.17) is 50.9 Å². The fourth-order valence-electron chi connectivity index (χ4n) is 7.88. The van der Waals surface area contributed by atoms with Gasteiger partial charge < -0.3 is 42.4 Å². The molecule has 0 radical (unpaired) electrons. The van der Waals surface area contributed by atoms with Crippen LogP contribution in [0.3, 0.4) is 0 Å². The molecule has 0 spiro atoms. The minimum absolute atomic E-state index is 0.300. The normalized spacial score (nSPS) is 13.1. The van der Waals surface area contributed by atoms with Gasteiger partial charge in [-0.05, 0) is 207 Å². The summed E-state index contributed by atoms with van der Waals surface area (Å²) < 4.78 is 103. The van der Waals surface area contributed by atoms with Crippen molar-refractivity contribution in [3.63, 3.8) is 0 Å². The molecular formula is C58H59F3O15S2. The van der Waals surface area contributed by atoms with Crippen LogP contribution in [0.15, 0.2) is 154 Å². The summed E-state index contributed by atoms with van der Waals surface area (Å²) in [5.74, 6) is 1.22. The van der Waals surface area contributed by atoms with Gasteiger partial charge in [-0.2, -0.15) is 13.2 Å². The Morgan fingerprint density at radius 3 is 1.01 bits per heavy atom. The van der Waals surface area contributed by atoms with E-state index in [1.165, 1.54) is 0 Å². The molecule has 0 N–H and O–H groups in total. The zero-order valence-corrected chi connectivity index (χ0v) is 46.5. The van der Waals surface area contributed by atoms with Crippen molar-refractivity contribution in [2.45, 2.75) is 131 Å². The summed E-state index contributed by atoms with van der Waals surface area (Å²) in [6.07, 6.45) is -3.28. The molecule has 15 nitrogen and oxygen atoms in total. The van der Waals surface area contributed by atoms with Gasteiger partial charge in [0.2, 0.25) is 0 Å². The lowest BCUT2D eigenvalue weighted by molar-refractivity contribution is -0.0518. The Hall–Kier alpha value is -7.55. The molecule has 6 aromatic carbocycles. The third-order valence-electron chi connectivity index (χ3n) is 10.6. The van der Waals surface area contributed by atoms with Crippen molar-refractivity contribution in [2.24, 2.45) is 0 Å². The number of carbonyl (C=O) groups excluding carboxylic acids is 4. The van der Waals surface area contributed by atoms with E-state index in [1.807, 2.05) is 60.7 Å². The minimum Gasteiger partial charge on any atom is -0.741 e. The van der Waals surface area contributed by atoms with Gasteiger partial charge in [0.15, 0.2) is 24.8 Å². The van der Waals surface area contributed by atoms with Crippen molar-refractivity contribution in [1.29, 1.82) is 0 Å². The average Bonchev–Trinajstić information content (AvgIpc) is 3.63. The molecule has 6 aromatic rings. The third kappa shape index (κ3) is 15.6. The number of hydrogen-bond donors (Lipinski definition) is 0. The summed E-state index contributed by atoms with van der Waals surface area (Å²) in [4.78, 5) is 53.6.